The van der Waals surface area contributed by atoms with Crippen LogP contribution in [0.4, 0.5) is 0 Å². The highest BCUT2D eigenvalue weighted by molar-refractivity contribution is 5.91. The summed E-state index contributed by atoms with van der Waals surface area (Å²) in [6.45, 7) is 1.21. The molecule has 3 saturated heterocycles. The summed E-state index contributed by atoms with van der Waals surface area (Å²) >= 11 is 0. The molecule has 0 saturated carbocycles. The lowest BCUT2D eigenvalue weighted by Gasteiger charge is -2.36. The standard InChI is InChI=1S/C12H13NO5/c14-9-8-7(10(15)16)6-2-3-12(8,18-6)11-13(9)4-1-5-17-11/h2-3,6-8,11H,1,4-5H2,(H,15,16)/t6-,7+,8+,11-,12+/m1/s1. The van der Waals surface area contributed by atoms with Crippen LogP contribution in [0.2, 0.25) is 0 Å². The van der Waals surface area contributed by atoms with Crippen molar-refractivity contribution in [2.75, 3.05) is 13.2 Å². The molecule has 6 nitrogen and oxygen atoms in total. The highest BCUT2D eigenvalue weighted by atomic mass is 16.6. The molecule has 5 atom stereocenters. The Kier molecular flexibility index (Phi) is 1.83. The Morgan fingerprint density at radius 2 is 2.39 bits per heavy atom. The van der Waals surface area contributed by atoms with Crippen LogP contribution in [0.5, 0.6) is 0 Å². The number of ether oxygens (including phenoxy) is 2. The molecule has 1 N–H and O–H groups in total. The zero-order valence-electron chi connectivity index (χ0n) is 9.61. The van der Waals surface area contributed by atoms with Crippen molar-refractivity contribution in [1.82, 2.24) is 4.90 Å². The molecule has 0 aromatic heterocycles. The van der Waals surface area contributed by atoms with E-state index in [0.717, 1.165) is 6.42 Å². The van der Waals surface area contributed by atoms with Gasteiger partial charge >= 0.3 is 5.97 Å². The van der Waals surface area contributed by atoms with E-state index in [-0.39, 0.29) is 5.91 Å². The molecule has 0 aromatic carbocycles. The van der Waals surface area contributed by atoms with Crippen molar-refractivity contribution in [3.8, 4) is 0 Å². The minimum Gasteiger partial charge on any atom is -0.481 e. The molecule has 3 fully saturated rings. The third kappa shape index (κ3) is 0.976. The van der Waals surface area contributed by atoms with Gasteiger partial charge in [-0.2, -0.15) is 0 Å². The maximum atomic E-state index is 12.4. The van der Waals surface area contributed by atoms with Crippen LogP contribution in [-0.4, -0.2) is 53.0 Å². The molecule has 4 aliphatic heterocycles. The molecule has 0 unspecified atom stereocenters. The van der Waals surface area contributed by atoms with Crippen LogP contribution in [-0.2, 0) is 19.1 Å². The number of carboxylic acids is 1. The zero-order chi connectivity index (χ0) is 12.5. The summed E-state index contributed by atoms with van der Waals surface area (Å²) in [4.78, 5) is 25.4. The smallest absolute Gasteiger partial charge is 0.310 e. The first-order valence-electron chi connectivity index (χ1n) is 6.17. The average molecular weight is 251 g/mol. The Labute approximate surface area is 103 Å². The van der Waals surface area contributed by atoms with Crippen LogP contribution in [0.1, 0.15) is 6.42 Å². The Balaban J connectivity index is 1.82. The number of rotatable bonds is 1. The lowest BCUT2D eigenvalue weighted by molar-refractivity contribution is -0.168. The van der Waals surface area contributed by atoms with Gasteiger partial charge < -0.3 is 19.5 Å². The van der Waals surface area contributed by atoms with Crippen LogP contribution in [0, 0.1) is 11.8 Å². The summed E-state index contributed by atoms with van der Waals surface area (Å²) in [5, 5.41) is 9.30. The van der Waals surface area contributed by atoms with Gasteiger partial charge in [0.1, 0.15) is 11.5 Å². The second-order valence-electron chi connectivity index (χ2n) is 5.25. The van der Waals surface area contributed by atoms with Crippen LogP contribution < -0.4 is 0 Å². The summed E-state index contributed by atoms with van der Waals surface area (Å²) in [7, 11) is 0. The average Bonchev–Trinajstić information content (AvgIpc) is 2.99. The second kappa shape index (κ2) is 3.13. The van der Waals surface area contributed by atoms with Crippen molar-refractivity contribution < 1.29 is 24.2 Å². The zero-order valence-corrected chi connectivity index (χ0v) is 9.61. The van der Waals surface area contributed by atoms with Gasteiger partial charge in [0.15, 0.2) is 6.23 Å². The molecular weight excluding hydrogens is 238 g/mol. The number of amides is 1. The molecule has 4 heterocycles. The van der Waals surface area contributed by atoms with Crippen LogP contribution in [0.25, 0.3) is 0 Å². The lowest BCUT2D eigenvalue weighted by atomic mass is 9.76. The van der Waals surface area contributed by atoms with Gasteiger partial charge in [0.2, 0.25) is 5.91 Å². The van der Waals surface area contributed by atoms with Gasteiger partial charge in [-0.1, -0.05) is 6.08 Å². The summed E-state index contributed by atoms with van der Waals surface area (Å²) in [5.74, 6) is -2.52. The lowest BCUT2D eigenvalue weighted by Crippen LogP contribution is -2.49. The van der Waals surface area contributed by atoms with Crippen molar-refractivity contribution in [3.05, 3.63) is 12.2 Å². The Hall–Kier alpha value is -1.40. The molecule has 2 bridgehead atoms. The monoisotopic (exact) mass is 251 g/mol. The first-order chi connectivity index (χ1) is 8.65. The summed E-state index contributed by atoms with van der Waals surface area (Å²) in [5.41, 5.74) is -0.870. The Bertz CT molecular complexity index is 475. The summed E-state index contributed by atoms with van der Waals surface area (Å²) < 4.78 is 11.5. The predicted octanol–water partition coefficient (Wildman–Crippen LogP) is -0.401. The number of hydrogen-bond donors (Lipinski definition) is 1. The van der Waals surface area contributed by atoms with Gasteiger partial charge in [0, 0.05) is 6.54 Å². The quantitative estimate of drug-likeness (QED) is 0.642. The van der Waals surface area contributed by atoms with Gasteiger partial charge in [-0.15, -0.1) is 0 Å². The van der Waals surface area contributed by atoms with E-state index in [2.05, 4.69) is 0 Å². The SMILES string of the molecule is O=C(O)[C@@H]1[C@H]2C(=O)N3CCCO[C@@H]3[C@]23C=C[C@H]1O3. The second-order valence-corrected chi connectivity index (χ2v) is 5.25. The van der Waals surface area contributed by atoms with Gasteiger partial charge in [0.05, 0.1) is 18.6 Å². The van der Waals surface area contributed by atoms with E-state index in [1.54, 1.807) is 11.0 Å². The van der Waals surface area contributed by atoms with Crippen molar-refractivity contribution in [1.29, 1.82) is 0 Å². The number of aliphatic carboxylic acids is 1. The van der Waals surface area contributed by atoms with E-state index in [4.69, 9.17) is 9.47 Å². The molecule has 6 heteroatoms. The minimum atomic E-state index is -0.968. The number of carbonyl (C=O) groups excluding carboxylic acids is 1. The largest absolute Gasteiger partial charge is 0.481 e. The van der Waals surface area contributed by atoms with Crippen LogP contribution in [0.15, 0.2) is 12.2 Å². The predicted molar refractivity (Wildman–Crippen MR) is 57.4 cm³/mol. The molecule has 4 aliphatic rings. The van der Waals surface area contributed by atoms with Gasteiger partial charge in [-0.05, 0) is 12.5 Å². The van der Waals surface area contributed by atoms with E-state index in [1.807, 2.05) is 6.08 Å². The molecule has 0 aromatic rings. The minimum absolute atomic E-state index is 0.140. The molecule has 1 amide bonds. The first-order valence-corrected chi connectivity index (χ1v) is 6.17. The number of carbonyl (C=O) groups is 2. The fraction of sp³-hybridized carbons (Fsp3) is 0.667. The van der Waals surface area contributed by atoms with E-state index in [9.17, 15) is 14.7 Å². The molecule has 96 valence electrons. The Morgan fingerprint density at radius 1 is 1.56 bits per heavy atom. The molecule has 4 rings (SSSR count). The first kappa shape index (κ1) is 10.5. The van der Waals surface area contributed by atoms with E-state index in [0.29, 0.717) is 13.2 Å². The fourth-order valence-corrected chi connectivity index (χ4v) is 3.74. The molecule has 0 aliphatic carbocycles. The third-order valence-electron chi connectivity index (χ3n) is 4.41. The van der Waals surface area contributed by atoms with Crippen molar-refractivity contribution in [2.45, 2.75) is 24.4 Å². The van der Waals surface area contributed by atoms with Crippen molar-refractivity contribution >= 4 is 11.9 Å². The molecule has 0 radical (unpaired) electrons. The number of fused-ring (bicyclic) bond motifs is 2. The summed E-state index contributed by atoms with van der Waals surface area (Å²) in [6, 6.07) is 0. The number of nitrogens with zero attached hydrogens (tertiary/aromatic N) is 1. The highest BCUT2D eigenvalue weighted by Crippen LogP contribution is 2.55. The number of hydrogen-bond acceptors (Lipinski definition) is 4. The number of carboxylic acid groups (broad SMARTS) is 1. The van der Waals surface area contributed by atoms with E-state index >= 15 is 0 Å². The normalized spacial score (nSPS) is 48.4. The maximum absolute atomic E-state index is 12.4. The van der Waals surface area contributed by atoms with Gasteiger partial charge in [0.25, 0.3) is 0 Å². The van der Waals surface area contributed by atoms with Gasteiger partial charge in [-0.25, -0.2) is 0 Å². The van der Waals surface area contributed by atoms with Crippen LogP contribution >= 0.6 is 0 Å². The molecule has 1 spiro atoms. The highest BCUT2D eigenvalue weighted by Gasteiger charge is 2.72. The molecule has 18 heavy (non-hydrogen) atoms. The molecular formula is C12H13NO5. The van der Waals surface area contributed by atoms with E-state index < -0.39 is 35.7 Å². The summed E-state index contributed by atoms with van der Waals surface area (Å²) in [6.07, 6.45) is 3.42. The van der Waals surface area contributed by atoms with Crippen molar-refractivity contribution in [2.24, 2.45) is 11.8 Å². The fourth-order valence-electron chi connectivity index (χ4n) is 3.74. The van der Waals surface area contributed by atoms with Gasteiger partial charge in [-0.3, -0.25) is 9.59 Å². The third-order valence-corrected chi connectivity index (χ3v) is 4.41. The topological polar surface area (TPSA) is 76.1 Å². The maximum Gasteiger partial charge on any atom is 0.310 e. The Morgan fingerprint density at radius 3 is 3.17 bits per heavy atom. The van der Waals surface area contributed by atoms with E-state index in [1.165, 1.54) is 0 Å². The van der Waals surface area contributed by atoms with Crippen LogP contribution in [0.3, 0.4) is 0 Å². The van der Waals surface area contributed by atoms with Crippen molar-refractivity contribution in [3.63, 3.8) is 0 Å².